The van der Waals surface area contributed by atoms with Crippen molar-refractivity contribution in [1.82, 2.24) is 5.32 Å². The van der Waals surface area contributed by atoms with E-state index in [0.717, 1.165) is 37.8 Å². The third kappa shape index (κ3) is 2.96. The molecule has 22 heavy (non-hydrogen) atoms. The summed E-state index contributed by atoms with van der Waals surface area (Å²) >= 11 is 0. The highest BCUT2D eigenvalue weighted by Gasteiger charge is 2.43. The molecule has 1 amide bonds. The Balaban J connectivity index is 1.68. The van der Waals surface area contributed by atoms with Crippen LogP contribution in [0.4, 0.5) is 17.6 Å². The van der Waals surface area contributed by atoms with Crippen LogP contribution in [0.25, 0.3) is 0 Å². The summed E-state index contributed by atoms with van der Waals surface area (Å²) in [5, 5.41) is 2.60. The highest BCUT2D eigenvalue weighted by molar-refractivity contribution is 5.79. The van der Waals surface area contributed by atoms with Crippen LogP contribution in [0.1, 0.15) is 36.8 Å². The molecule has 2 aliphatic carbocycles. The minimum absolute atomic E-state index is 0.0754. The largest absolute Gasteiger partial charge is 0.416 e. The Labute approximate surface area is 125 Å². The molecule has 0 aromatic heterocycles. The molecule has 2 nitrogen and oxygen atoms in total. The SMILES string of the molecule is O=C(NCc1ccc(F)cc1C(F)(F)F)[C@@H]1C[C@H]2CC[C@H]1C2. The van der Waals surface area contributed by atoms with E-state index in [2.05, 4.69) is 5.32 Å². The van der Waals surface area contributed by atoms with Gasteiger partial charge in [-0.3, -0.25) is 4.79 Å². The summed E-state index contributed by atoms with van der Waals surface area (Å²) in [7, 11) is 0. The van der Waals surface area contributed by atoms with Crippen LogP contribution in [-0.4, -0.2) is 5.91 Å². The van der Waals surface area contributed by atoms with Gasteiger partial charge in [-0.1, -0.05) is 12.5 Å². The monoisotopic (exact) mass is 315 g/mol. The molecule has 2 bridgehead atoms. The van der Waals surface area contributed by atoms with Crippen molar-refractivity contribution in [2.75, 3.05) is 0 Å². The Kier molecular flexibility index (Phi) is 3.87. The summed E-state index contributed by atoms with van der Waals surface area (Å²) in [6, 6.07) is 2.53. The van der Waals surface area contributed by atoms with Gasteiger partial charge in [0.25, 0.3) is 0 Å². The van der Waals surface area contributed by atoms with Crippen molar-refractivity contribution in [3.05, 3.63) is 35.1 Å². The summed E-state index contributed by atoms with van der Waals surface area (Å²) in [5.74, 6) is -0.216. The molecule has 2 aliphatic rings. The first kappa shape index (κ1) is 15.3. The van der Waals surface area contributed by atoms with Gasteiger partial charge in [0.15, 0.2) is 0 Å². The molecular formula is C16H17F4NO. The second-order valence-corrected chi connectivity index (χ2v) is 6.30. The first-order valence-corrected chi connectivity index (χ1v) is 7.48. The maximum Gasteiger partial charge on any atom is 0.416 e. The fourth-order valence-corrected chi connectivity index (χ4v) is 3.85. The molecule has 1 N–H and O–H groups in total. The number of alkyl halides is 3. The molecule has 3 rings (SSSR count). The minimum Gasteiger partial charge on any atom is -0.352 e. The summed E-state index contributed by atoms with van der Waals surface area (Å²) in [4.78, 5) is 12.2. The molecule has 3 atom stereocenters. The summed E-state index contributed by atoms with van der Waals surface area (Å²) in [5.41, 5.74) is -1.13. The van der Waals surface area contributed by atoms with E-state index < -0.39 is 17.6 Å². The van der Waals surface area contributed by atoms with E-state index in [1.165, 1.54) is 0 Å². The number of fused-ring (bicyclic) bond motifs is 2. The maximum atomic E-state index is 13.0. The van der Waals surface area contributed by atoms with Crippen molar-refractivity contribution in [3.63, 3.8) is 0 Å². The van der Waals surface area contributed by atoms with E-state index in [4.69, 9.17) is 0 Å². The van der Waals surface area contributed by atoms with Crippen molar-refractivity contribution >= 4 is 5.91 Å². The molecule has 2 fully saturated rings. The van der Waals surface area contributed by atoms with Crippen molar-refractivity contribution in [2.45, 2.75) is 38.4 Å². The Morgan fingerprint density at radius 3 is 2.59 bits per heavy atom. The molecule has 0 radical (unpaired) electrons. The van der Waals surface area contributed by atoms with E-state index in [1.54, 1.807) is 0 Å². The van der Waals surface area contributed by atoms with Crippen molar-refractivity contribution in [3.8, 4) is 0 Å². The molecule has 0 spiro atoms. The van der Waals surface area contributed by atoms with Crippen molar-refractivity contribution < 1.29 is 22.4 Å². The second-order valence-electron chi connectivity index (χ2n) is 6.30. The smallest absolute Gasteiger partial charge is 0.352 e. The molecule has 2 saturated carbocycles. The van der Waals surface area contributed by atoms with Crippen molar-refractivity contribution in [1.29, 1.82) is 0 Å². The van der Waals surface area contributed by atoms with E-state index in [-0.39, 0.29) is 23.9 Å². The molecule has 0 saturated heterocycles. The lowest BCUT2D eigenvalue weighted by atomic mass is 9.88. The first-order chi connectivity index (χ1) is 10.3. The number of carbonyl (C=O) groups excluding carboxylic acids is 1. The van der Waals surface area contributed by atoms with Gasteiger partial charge in [0.05, 0.1) is 5.56 Å². The fraction of sp³-hybridized carbons (Fsp3) is 0.562. The van der Waals surface area contributed by atoms with Crippen LogP contribution in [0.15, 0.2) is 18.2 Å². The van der Waals surface area contributed by atoms with Gasteiger partial charge < -0.3 is 5.32 Å². The first-order valence-electron chi connectivity index (χ1n) is 7.48. The summed E-state index contributed by atoms with van der Waals surface area (Å²) < 4.78 is 51.7. The van der Waals surface area contributed by atoms with Gasteiger partial charge in [0, 0.05) is 12.5 Å². The molecule has 0 aliphatic heterocycles. The number of hydrogen-bond donors (Lipinski definition) is 1. The number of carbonyl (C=O) groups is 1. The zero-order valence-electron chi connectivity index (χ0n) is 11.9. The predicted octanol–water partition coefficient (Wildman–Crippen LogP) is 3.90. The number of halogens is 4. The van der Waals surface area contributed by atoms with E-state index in [0.29, 0.717) is 17.9 Å². The van der Waals surface area contributed by atoms with Gasteiger partial charge in [-0.25, -0.2) is 4.39 Å². The Bertz CT molecular complexity index is 584. The number of benzene rings is 1. The zero-order chi connectivity index (χ0) is 15.9. The Hall–Kier alpha value is -1.59. The molecule has 0 unspecified atom stereocenters. The van der Waals surface area contributed by atoms with Gasteiger partial charge in [-0.15, -0.1) is 0 Å². The summed E-state index contributed by atoms with van der Waals surface area (Å²) in [6.07, 6.45) is -0.541. The fourth-order valence-electron chi connectivity index (χ4n) is 3.85. The number of rotatable bonds is 3. The van der Waals surface area contributed by atoms with Crippen LogP contribution >= 0.6 is 0 Å². The Morgan fingerprint density at radius 1 is 1.23 bits per heavy atom. The van der Waals surface area contributed by atoms with Gasteiger partial charge in [-0.2, -0.15) is 13.2 Å². The van der Waals surface area contributed by atoms with E-state index >= 15 is 0 Å². The van der Waals surface area contributed by atoms with E-state index in [9.17, 15) is 22.4 Å². The Morgan fingerprint density at radius 2 is 2.00 bits per heavy atom. The molecule has 0 heterocycles. The van der Waals surface area contributed by atoms with Gasteiger partial charge in [0.1, 0.15) is 5.82 Å². The van der Waals surface area contributed by atoms with Crippen LogP contribution in [0.5, 0.6) is 0 Å². The maximum absolute atomic E-state index is 13.0. The average molecular weight is 315 g/mol. The predicted molar refractivity (Wildman–Crippen MR) is 72.2 cm³/mol. The molecule has 1 aromatic rings. The van der Waals surface area contributed by atoms with Crippen LogP contribution < -0.4 is 5.32 Å². The minimum atomic E-state index is -4.63. The molecule has 1 aromatic carbocycles. The molecular weight excluding hydrogens is 298 g/mol. The summed E-state index contributed by atoms with van der Waals surface area (Å²) in [6.45, 7) is -0.220. The van der Waals surface area contributed by atoms with Gasteiger partial charge >= 0.3 is 6.18 Å². The number of hydrogen-bond acceptors (Lipinski definition) is 1. The number of nitrogens with one attached hydrogen (secondary N) is 1. The number of amides is 1. The second kappa shape index (κ2) is 5.56. The zero-order valence-corrected chi connectivity index (χ0v) is 11.9. The van der Waals surface area contributed by atoms with E-state index in [1.807, 2.05) is 0 Å². The molecule has 6 heteroatoms. The van der Waals surface area contributed by atoms with Crippen molar-refractivity contribution in [2.24, 2.45) is 17.8 Å². The lowest BCUT2D eigenvalue weighted by molar-refractivity contribution is -0.138. The molecule has 120 valence electrons. The standard InChI is InChI=1S/C16H17F4NO/c17-12-4-3-11(14(7-12)16(18,19)20)8-21-15(22)13-6-9-1-2-10(13)5-9/h3-4,7,9-10,13H,1-2,5-6,8H2,(H,21,22)/t9-,10-,13+/m0/s1. The third-order valence-corrected chi connectivity index (χ3v) is 4.91. The highest BCUT2D eigenvalue weighted by atomic mass is 19.4. The highest BCUT2D eigenvalue weighted by Crippen LogP contribution is 2.48. The quantitative estimate of drug-likeness (QED) is 0.842. The third-order valence-electron chi connectivity index (χ3n) is 4.91. The lowest BCUT2D eigenvalue weighted by Crippen LogP contribution is -2.33. The van der Waals surface area contributed by atoms with Crippen LogP contribution in [0, 0.1) is 23.6 Å². The van der Waals surface area contributed by atoms with Crippen LogP contribution in [0.2, 0.25) is 0 Å². The average Bonchev–Trinajstić information content (AvgIpc) is 3.07. The van der Waals surface area contributed by atoms with Gasteiger partial charge in [0.2, 0.25) is 5.91 Å². The normalized spacial score (nSPS) is 27.2. The topological polar surface area (TPSA) is 29.1 Å². The van der Waals surface area contributed by atoms with Gasteiger partial charge in [-0.05, 0) is 48.8 Å². The lowest BCUT2D eigenvalue weighted by Gasteiger charge is -2.21. The van der Waals surface area contributed by atoms with Crippen LogP contribution in [-0.2, 0) is 17.5 Å². The van der Waals surface area contributed by atoms with Crippen LogP contribution in [0.3, 0.4) is 0 Å².